The van der Waals surface area contributed by atoms with Gasteiger partial charge in [-0.25, -0.2) is 3.63 Å². The van der Waals surface area contributed by atoms with Crippen molar-refractivity contribution in [3.8, 4) is 5.75 Å². The predicted molar refractivity (Wildman–Crippen MR) is 82.7 cm³/mol. The van der Waals surface area contributed by atoms with Crippen LogP contribution in [-0.2, 0) is 13.7 Å². The summed E-state index contributed by atoms with van der Waals surface area (Å²) in [5.41, 5.74) is -4.56. The van der Waals surface area contributed by atoms with E-state index in [1.165, 1.54) is 17.5 Å². The van der Waals surface area contributed by atoms with Gasteiger partial charge in [0.1, 0.15) is 5.75 Å². The Morgan fingerprint density at radius 1 is 1.22 bits per heavy atom. The summed E-state index contributed by atoms with van der Waals surface area (Å²) in [5.74, 6) is 0.212. The van der Waals surface area contributed by atoms with Crippen LogP contribution >= 0.6 is 10.3 Å². The van der Waals surface area contributed by atoms with Crippen LogP contribution in [0.5, 0.6) is 5.75 Å². The molecule has 2 rings (SSSR count). The molecule has 23 heavy (non-hydrogen) atoms. The van der Waals surface area contributed by atoms with E-state index in [1.807, 2.05) is 0 Å². The molecule has 9 heteroatoms. The molecule has 0 saturated heterocycles. The first-order chi connectivity index (χ1) is 10.5. The topological polar surface area (TPSA) is 63.6 Å². The standard InChI is InChI=1S/C14H17F3O4S2/c1-10-8-12(9-11(2)13(10)18)22(6-4-3-5-7-22)21-23(19,20)14(15,16)17/h4,6,8-9,18H,3,5,7H2,1-2H3. The quantitative estimate of drug-likeness (QED) is 0.808. The number of halogens is 3. The summed E-state index contributed by atoms with van der Waals surface area (Å²) in [6, 6.07) is 2.97. The van der Waals surface area contributed by atoms with Crippen molar-refractivity contribution in [1.82, 2.24) is 0 Å². The molecule has 130 valence electrons. The van der Waals surface area contributed by atoms with Gasteiger partial charge in [-0.3, -0.25) is 0 Å². The molecular formula is C14H17F3O4S2. The zero-order valence-corrected chi connectivity index (χ0v) is 14.2. The van der Waals surface area contributed by atoms with E-state index >= 15 is 0 Å². The second-order valence-corrected chi connectivity index (χ2v) is 9.84. The molecular weight excluding hydrogens is 353 g/mol. The molecule has 0 bridgehead atoms. The third-order valence-corrected chi connectivity index (χ3v) is 8.31. The molecule has 1 aromatic rings. The number of aromatic hydroxyl groups is 1. The van der Waals surface area contributed by atoms with Gasteiger partial charge in [-0.2, -0.15) is 21.6 Å². The van der Waals surface area contributed by atoms with E-state index in [0.29, 0.717) is 28.9 Å². The van der Waals surface area contributed by atoms with Crippen molar-refractivity contribution in [2.45, 2.75) is 37.1 Å². The molecule has 1 aliphatic heterocycles. The molecule has 0 spiro atoms. The van der Waals surface area contributed by atoms with Crippen LogP contribution in [0.4, 0.5) is 13.2 Å². The Morgan fingerprint density at radius 2 is 1.78 bits per heavy atom. The van der Waals surface area contributed by atoms with Crippen LogP contribution in [0.3, 0.4) is 0 Å². The first-order valence-corrected chi connectivity index (χ1v) is 9.98. The average molecular weight is 370 g/mol. The van der Waals surface area contributed by atoms with Gasteiger partial charge in [0.2, 0.25) is 0 Å². The van der Waals surface area contributed by atoms with Crippen LogP contribution < -0.4 is 0 Å². The van der Waals surface area contributed by atoms with Crippen molar-refractivity contribution in [3.63, 3.8) is 0 Å². The maximum Gasteiger partial charge on any atom is 0.523 e. The van der Waals surface area contributed by atoms with E-state index in [4.69, 9.17) is 3.63 Å². The Balaban J connectivity index is 2.58. The Morgan fingerprint density at radius 3 is 2.22 bits per heavy atom. The van der Waals surface area contributed by atoms with E-state index in [9.17, 15) is 26.7 Å². The van der Waals surface area contributed by atoms with Gasteiger partial charge in [-0.05, 0) is 55.4 Å². The average Bonchev–Trinajstić information content (AvgIpc) is 2.43. The summed E-state index contributed by atoms with van der Waals surface area (Å²) in [7, 11) is -8.50. The second-order valence-electron chi connectivity index (χ2n) is 5.32. The zero-order valence-electron chi connectivity index (χ0n) is 12.6. The van der Waals surface area contributed by atoms with Crippen LogP contribution in [0.15, 0.2) is 28.5 Å². The van der Waals surface area contributed by atoms with Crippen molar-refractivity contribution in [1.29, 1.82) is 0 Å². The van der Waals surface area contributed by atoms with Crippen LogP contribution in [0.1, 0.15) is 24.0 Å². The highest BCUT2D eigenvalue weighted by molar-refractivity contribution is 8.35. The summed E-state index contributed by atoms with van der Waals surface area (Å²) in [6.45, 7) is 3.20. The first-order valence-electron chi connectivity index (χ1n) is 6.79. The Kier molecular flexibility index (Phi) is 4.76. The van der Waals surface area contributed by atoms with Gasteiger partial charge in [0.25, 0.3) is 0 Å². The van der Waals surface area contributed by atoms with Gasteiger partial charge in [-0.15, -0.1) is 0 Å². The number of rotatable bonds is 3. The van der Waals surface area contributed by atoms with Gasteiger partial charge in [0.15, 0.2) is 0 Å². The lowest BCUT2D eigenvalue weighted by Crippen LogP contribution is -2.28. The molecule has 0 aromatic heterocycles. The molecule has 1 unspecified atom stereocenters. The Hall–Kier alpha value is -1.19. The van der Waals surface area contributed by atoms with Crippen molar-refractivity contribution in [3.05, 3.63) is 34.7 Å². The normalized spacial score (nSPS) is 25.1. The summed E-state index contributed by atoms with van der Waals surface area (Å²) in [4.78, 5) is 0.356. The fraction of sp³-hybridized carbons (Fsp3) is 0.429. The molecule has 0 radical (unpaired) electrons. The number of hydrogen-bond acceptors (Lipinski definition) is 4. The molecule has 0 amide bonds. The van der Waals surface area contributed by atoms with E-state index in [2.05, 4.69) is 0 Å². The lowest BCUT2D eigenvalue weighted by atomic mass is 10.1. The fourth-order valence-corrected chi connectivity index (χ4v) is 6.99. The van der Waals surface area contributed by atoms with Gasteiger partial charge in [-0.1, -0.05) is 16.4 Å². The number of benzene rings is 1. The zero-order chi connectivity index (χ0) is 17.5. The number of alkyl halides is 3. The summed E-state index contributed by atoms with van der Waals surface area (Å²) < 4.78 is 66.0. The van der Waals surface area contributed by atoms with Gasteiger partial charge < -0.3 is 5.11 Å². The molecule has 4 nitrogen and oxygen atoms in total. The minimum Gasteiger partial charge on any atom is -0.507 e. The lowest BCUT2D eigenvalue weighted by Gasteiger charge is -2.38. The maximum absolute atomic E-state index is 12.7. The summed E-state index contributed by atoms with van der Waals surface area (Å²) >= 11 is 0. The second kappa shape index (κ2) is 6.03. The van der Waals surface area contributed by atoms with Crippen molar-refractivity contribution >= 4 is 20.4 Å². The SMILES string of the molecule is Cc1cc(S2(OS(=O)(=O)C(F)(F)F)C=CCCC2)cc(C)c1O. The van der Waals surface area contributed by atoms with Gasteiger partial charge in [0, 0.05) is 10.6 Å². The number of aryl methyl sites for hydroxylation is 2. The highest BCUT2D eigenvalue weighted by Gasteiger charge is 2.51. The lowest BCUT2D eigenvalue weighted by molar-refractivity contribution is -0.0496. The van der Waals surface area contributed by atoms with Crippen molar-refractivity contribution < 1.29 is 30.3 Å². The minimum atomic E-state index is -5.72. The first kappa shape index (κ1) is 18.2. The highest BCUT2D eigenvalue weighted by atomic mass is 32.3. The molecule has 0 aliphatic carbocycles. The maximum atomic E-state index is 12.7. The van der Waals surface area contributed by atoms with Gasteiger partial charge in [0.05, 0.1) is 0 Å². The monoisotopic (exact) mass is 370 g/mol. The van der Waals surface area contributed by atoms with Crippen LogP contribution in [0, 0.1) is 13.8 Å². The van der Waals surface area contributed by atoms with Crippen LogP contribution in [0.2, 0.25) is 0 Å². The third kappa shape index (κ3) is 3.51. The van der Waals surface area contributed by atoms with E-state index in [1.54, 1.807) is 19.9 Å². The van der Waals surface area contributed by atoms with E-state index in [-0.39, 0.29) is 11.5 Å². The molecule has 1 aliphatic rings. The van der Waals surface area contributed by atoms with Crippen molar-refractivity contribution in [2.24, 2.45) is 0 Å². The van der Waals surface area contributed by atoms with Crippen LogP contribution in [-0.4, -0.2) is 24.8 Å². The number of phenolic OH excluding ortho intramolecular Hbond substituents is 1. The fourth-order valence-electron chi connectivity index (χ4n) is 2.31. The van der Waals surface area contributed by atoms with E-state index in [0.717, 1.165) is 0 Å². The molecule has 0 fully saturated rings. The number of phenols is 1. The molecule has 0 saturated carbocycles. The van der Waals surface area contributed by atoms with Crippen molar-refractivity contribution in [2.75, 3.05) is 5.75 Å². The number of allylic oxidation sites excluding steroid dienone is 1. The molecule has 1 aromatic carbocycles. The summed E-state index contributed by atoms with van der Waals surface area (Å²) in [6.07, 6.45) is 2.82. The molecule has 1 atom stereocenters. The smallest absolute Gasteiger partial charge is 0.507 e. The minimum absolute atomic E-state index is 0.0294. The molecule has 1 heterocycles. The summed E-state index contributed by atoms with van der Waals surface area (Å²) in [5, 5.41) is 11.3. The third-order valence-electron chi connectivity index (χ3n) is 3.49. The molecule has 1 N–H and O–H groups in total. The Bertz CT molecular complexity index is 718. The van der Waals surface area contributed by atoms with E-state index < -0.39 is 25.9 Å². The predicted octanol–water partition coefficient (Wildman–Crippen LogP) is 4.26. The Labute approximate surface area is 134 Å². The largest absolute Gasteiger partial charge is 0.523 e. The number of hydrogen-bond donors (Lipinski definition) is 1. The van der Waals surface area contributed by atoms with Gasteiger partial charge >= 0.3 is 15.6 Å². The van der Waals surface area contributed by atoms with Crippen LogP contribution in [0.25, 0.3) is 0 Å². The highest BCUT2D eigenvalue weighted by Crippen LogP contribution is 2.63.